The molecule has 1 heterocycles. The highest BCUT2D eigenvalue weighted by Crippen LogP contribution is 2.68. The van der Waals surface area contributed by atoms with Crippen LogP contribution in [-0.2, 0) is 16.0 Å². The van der Waals surface area contributed by atoms with Crippen molar-refractivity contribution in [3.8, 4) is 5.75 Å². The zero-order valence-corrected chi connectivity index (χ0v) is 19.0. The van der Waals surface area contributed by atoms with Crippen molar-refractivity contribution in [3.63, 3.8) is 0 Å². The monoisotopic (exact) mass is 436 g/mol. The second-order valence-electron chi connectivity index (χ2n) is 10.8. The number of ether oxygens (including phenoxy) is 1. The molecule has 1 aromatic rings. The van der Waals surface area contributed by atoms with Crippen LogP contribution in [0.3, 0.4) is 0 Å². The molecular weight excluding hydrogens is 407 g/mol. The molecule has 0 unspecified atom stereocenters. The fourth-order valence-electron chi connectivity index (χ4n) is 7.29. The maximum Gasteiger partial charge on any atom is 0.312 e. The van der Waals surface area contributed by atoms with Crippen LogP contribution in [0.1, 0.15) is 82.8 Å². The summed E-state index contributed by atoms with van der Waals surface area (Å²) in [7, 11) is 0. The van der Waals surface area contributed by atoms with Crippen molar-refractivity contribution in [2.75, 3.05) is 0 Å². The van der Waals surface area contributed by atoms with E-state index in [1.807, 2.05) is 19.9 Å². The number of phenolic OH excluding ortho intramolecular Hbond substituents is 1. The zero-order valence-electron chi connectivity index (χ0n) is 17.5. The lowest BCUT2D eigenvalue weighted by Crippen LogP contribution is -2.56. The van der Waals surface area contributed by atoms with Gasteiger partial charge < -0.3 is 9.84 Å². The van der Waals surface area contributed by atoms with Gasteiger partial charge in [0.25, 0.3) is 0 Å². The number of esters is 1. The Morgan fingerprint density at radius 3 is 2.55 bits per heavy atom. The number of aromatic hydroxyl groups is 1. The molecule has 1 N–H and O–H groups in total. The lowest BCUT2D eigenvalue weighted by atomic mass is 9.52. The Morgan fingerprint density at radius 1 is 1.07 bits per heavy atom. The van der Waals surface area contributed by atoms with E-state index in [0.29, 0.717) is 27.8 Å². The zero-order chi connectivity index (χ0) is 20.8. The van der Waals surface area contributed by atoms with Gasteiger partial charge >= 0.3 is 5.97 Å². The predicted molar refractivity (Wildman–Crippen MR) is 115 cm³/mol. The van der Waals surface area contributed by atoms with Crippen LogP contribution in [-0.4, -0.2) is 16.7 Å². The lowest BCUT2D eigenvalue weighted by molar-refractivity contribution is -0.206. The van der Waals surface area contributed by atoms with Crippen molar-refractivity contribution in [1.82, 2.24) is 0 Å². The number of hydrogen-bond donors (Lipinski definition) is 1. The fraction of sp³-hybridized carbons (Fsp3) is 0.708. The Labute approximate surface area is 183 Å². The van der Waals surface area contributed by atoms with Gasteiger partial charge in [-0.25, -0.2) is 0 Å². The number of benzene rings is 1. The van der Waals surface area contributed by atoms with Crippen LogP contribution in [0, 0.1) is 22.7 Å². The third kappa shape index (κ3) is 2.59. The summed E-state index contributed by atoms with van der Waals surface area (Å²) < 4.78 is 6.31. The molecule has 5 heteroatoms. The minimum atomic E-state index is -0.365. The molecule has 1 aromatic carbocycles. The first-order valence-corrected chi connectivity index (χ1v) is 11.8. The number of carbonyl (C=O) groups is 1. The number of phenols is 1. The molecule has 0 bridgehead atoms. The van der Waals surface area contributed by atoms with Gasteiger partial charge in [-0.3, -0.25) is 4.79 Å². The summed E-state index contributed by atoms with van der Waals surface area (Å²) in [4.78, 5) is 12.8. The van der Waals surface area contributed by atoms with Crippen molar-refractivity contribution >= 4 is 29.2 Å². The van der Waals surface area contributed by atoms with E-state index in [2.05, 4.69) is 6.92 Å². The van der Waals surface area contributed by atoms with E-state index in [4.69, 9.17) is 27.9 Å². The molecule has 5 rings (SSSR count). The van der Waals surface area contributed by atoms with Crippen LogP contribution in [0.15, 0.2) is 6.07 Å². The van der Waals surface area contributed by atoms with Crippen molar-refractivity contribution in [3.05, 3.63) is 27.2 Å². The number of fused-ring (bicyclic) bond motifs is 6. The molecular formula is C24H30Cl2O3. The molecule has 29 heavy (non-hydrogen) atoms. The molecule has 158 valence electrons. The minimum absolute atomic E-state index is 0.0164. The van der Waals surface area contributed by atoms with Gasteiger partial charge in [0.1, 0.15) is 5.60 Å². The highest BCUT2D eigenvalue weighted by Gasteiger charge is 2.65. The Kier molecular flexibility index (Phi) is 4.34. The average Bonchev–Trinajstić information content (AvgIpc) is 2.96. The van der Waals surface area contributed by atoms with Gasteiger partial charge in [0.2, 0.25) is 0 Å². The van der Waals surface area contributed by atoms with Crippen molar-refractivity contribution in [1.29, 1.82) is 0 Å². The van der Waals surface area contributed by atoms with Gasteiger partial charge in [0.05, 0.1) is 15.5 Å². The molecule has 4 aliphatic rings. The molecule has 0 radical (unpaired) electrons. The van der Waals surface area contributed by atoms with Gasteiger partial charge in [-0.05, 0) is 100 Å². The number of carbonyl (C=O) groups excluding carboxylic acids is 1. The molecule has 1 spiro atoms. The van der Waals surface area contributed by atoms with Gasteiger partial charge in [-0.2, -0.15) is 0 Å². The first-order chi connectivity index (χ1) is 13.6. The van der Waals surface area contributed by atoms with Gasteiger partial charge in [-0.1, -0.05) is 30.1 Å². The van der Waals surface area contributed by atoms with Gasteiger partial charge in [0, 0.05) is 5.41 Å². The third-order valence-electron chi connectivity index (χ3n) is 9.18. The Bertz CT molecular complexity index is 895. The quantitative estimate of drug-likeness (QED) is 0.462. The molecule has 1 aliphatic heterocycles. The molecule has 0 aromatic heterocycles. The molecule has 0 amide bonds. The number of rotatable bonds is 0. The Morgan fingerprint density at radius 2 is 1.83 bits per heavy atom. The van der Waals surface area contributed by atoms with E-state index in [1.165, 1.54) is 5.56 Å². The Balaban J connectivity index is 1.49. The summed E-state index contributed by atoms with van der Waals surface area (Å²) in [6, 6.07) is 1.95. The summed E-state index contributed by atoms with van der Waals surface area (Å²) in [6.07, 6.45) is 8.09. The molecule has 3 aliphatic carbocycles. The second kappa shape index (κ2) is 6.29. The van der Waals surface area contributed by atoms with Crippen LogP contribution in [0.5, 0.6) is 5.75 Å². The lowest BCUT2D eigenvalue weighted by Gasteiger charge is -2.56. The van der Waals surface area contributed by atoms with Crippen LogP contribution in [0.4, 0.5) is 0 Å². The predicted octanol–water partition coefficient (Wildman–Crippen LogP) is 6.66. The highest BCUT2D eigenvalue weighted by atomic mass is 35.5. The summed E-state index contributed by atoms with van der Waals surface area (Å²) >= 11 is 12.7. The average molecular weight is 437 g/mol. The standard InChI is InChI=1S/C24H30Cl2O3/c1-22(2)10-11-24(29-21(22)28)9-7-17-14-4-5-15-16(12-18(25)20(27)19(15)26)13(14)6-8-23(17,24)3/h12-14,17,27H,4-11H2,1-3H3/t13-,14+,17-,23-,24+/m0/s1. The first-order valence-electron chi connectivity index (χ1n) is 11.0. The normalized spacial score (nSPS) is 40.2. The summed E-state index contributed by atoms with van der Waals surface area (Å²) in [5.41, 5.74) is 1.70. The summed E-state index contributed by atoms with van der Waals surface area (Å²) in [6.45, 7) is 6.41. The van der Waals surface area contributed by atoms with Crippen molar-refractivity contribution < 1.29 is 14.6 Å². The fourth-order valence-corrected chi connectivity index (χ4v) is 7.86. The van der Waals surface area contributed by atoms with Gasteiger partial charge in [-0.15, -0.1) is 0 Å². The smallest absolute Gasteiger partial charge is 0.312 e. The number of halogens is 2. The largest absolute Gasteiger partial charge is 0.505 e. The van der Waals surface area contributed by atoms with E-state index >= 15 is 0 Å². The highest BCUT2D eigenvalue weighted by molar-refractivity contribution is 6.37. The van der Waals surface area contributed by atoms with Crippen molar-refractivity contribution in [2.45, 2.75) is 83.7 Å². The summed E-state index contributed by atoms with van der Waals surface area (Å²) in [5.74, 6) is 1.54. The maximum absolute atomic E-state index is 12.8. The van der Waals surface area contributed by atoms with Crippen molar-refractivity contribution in [2.24, 2.45) is 22.7 Å². The molecule has 3 nitrogen and oxygen atoms in total. The van der Waals surface area contributed by atoms with Gasteiger partial charge in [0.15, 0.2) is 5.75 Å². The molecule has 5 atom stereocenters. The van der Waals surface area contributed by atoms with E-state index in [9.17, 15) is 9.90 Å². The molecule has 3 fully saturated rings. The third-order valence-corrected chi connectivity index (χ3v) is 9.87. The summed E-state index contributed by atoms with van der Waals surface area (Å²) in [5, 5.41) is 11.0. The van der Waals surface area contributed by atoms with E-state index in [0.717, 1.165) is 56.9 Å². The van der Waals surface area contributed by atoms with Crippen LogP contribution < -0.4 is 0 Å². The van der Waals surface area contributed by atoms with E-state index in [-0.39, 0.29) is 28.1 Å². The molecule has 2 saturated carbocycles. The topological polar surface area (TPSA) is 46.5 Å². The first kappa shape index (κ1) is 20.0. The number of hydrogen-bond acceptors (Lipinski definition) is 3. The second-order valence-corrected chi connectivity index (χ2v) is 11.6. The maximum atomic E-state index is 12.8. The SMILES string of the molecule is CC1(C)CC[C@@]2(CC[C@H]3[C@@H]4CCc5c(cc(Cl)c(O)c5Cl)[C@H]4CC[C@@]32C)OC1=O. The van der Waals surface area contributed by atoms with Crippen LogP contribution in [0.25, 0.3) is 0 Å². The Hall–Kier alpha value is -0.930. The minimum Gasteiger partial charge on any atom is -0.505 e. The van der Waals surface area contributed by atoms with Crippen LogP contribution in [0.2, 0.25) is 10.0 Å². The molecule has 1 saturated heterocycles. The van der Waals surface area contributed by atoms with Crippen LogP contribution >= 0.6 is 23.2 Å². The van der Waals surface area contributed by atoms with E-state index in [1.54, 1.807) is 0 Å². The van der Waals surface area contributed by atoms with E-state index < -0.39 is 0 Å².